The van der Waals surface area contributed by atoms with E-state index in [0.717, 1.165) is 0 Å². The van der Waals surface area contributed by atoms with Crippen LogP contribution in [0.5, 0.6) is 0 Å². The van der Waals surface area contributed by atoms with E-state index in [4.69, 9.17) is 21.1 Å². The average Bonchev–Trinajstić information content (AvgIpc) is 2.93. The second-order valence-electron chi connectivity index (χ2n) is 3.95. The maximum Gasteiger partial charge on any atom is 1.00 e. The normalized spacial score (nSPS) is 22.2. The van der Waals surface area contributed by atoms with Crippen molar-refractivity contribution in [2.45, 2.75) is 12.3 Å². The van der Waals surface area contributed by atoms with Gasteiger partial charge in [0, 0.05) is 10.9 Å². The van der Waals surface area contributed by atoms with Gasteiger partial charge in [-0.05, 0) is 24.6 Å². The molecule has 0 bridgehead atoms. The van der Waals surface area contributed by atoms with Crippen LogP contribution in [0.15, 0.2) is 22.6 Å². The SMILES string of the molecule is O=C(O)C1CC1c1nc2cc(Cl)ccc2o1.[H-].[Li+]. The van der Waals surface area contributed by atoms with E-state index in [0.29, 0.717) is 28.4 Å². The van der Waals surface area contributed by atoms with Crippen LogP contribution >= 0.6 is 11.6 Å². The van der Waals surface area contributed by atoms with Crippen LogP contribution in [0.2, 0.25) is 5.02 Å². The second-order valence-corrected chi connectivity index (χ2v) is 4.39. The third-order valence-electron chi connectivity index (χ3n) is 2.79. The maximum atomic E-state index is 10.7. The first-order chi connectivity index (χ1) is 7.65. The predicted octanol–water partition coefficient (Wildman–Crippen LogP) is -0.214. The van der Waals surface area contributed by atoms with E-state index in [-0.39, 0.29) is 32.1 Å². The molecule has 84 valence electrons. The van der Waals surface area contributed by atoms with E-state index in [1.807, 2.05) is 0 Å². The summed E-state index contributed by atoms with van der Waals surface area (Å²) < 4.78 is 5.49. The van der Waals surface area contributed by atoms with E-state index in [1.54, 1.807) is 18.2 Å². The van der Waals surface area contributed by atoms with Crippen LogP contribution in [0.25, 0.3) is 11.1 Å². The number of oxazole rings is 1. The zero-order chi connectivity index (χ0) is 11.3. The zero-order valence-corrected chi connectivity index (χ0v) is 9.94. The largest absolute Gasteiger partial charge is 1.00 e. The fourth-order valence-electron chi connectivity index (χ4n) is 1.82. The van der Waals surface area contributed by atoms with Gasteiger partial charge in [-0.25, -0.2) is 4.98 Å². The van der Waals surface area contributed by atoms with Crippen LogP contribution < -0.4 is 18.9 Å². The molecular weight excluding hydrogens is 237 g/mol. The molecule has 1 saturated carbocycles. The Kier molecular flexibility index (Phi) is 3.22. The molecule has 0 saturated heterocycles. The molecule has 2 atom stereocenters. The van der Waals surface area contributed by atoms with Crippen molar-refractivity contribution in [3.8, 4) is 0 Å². The first-order valence-corrected chi connectivity index (χ1v) is 5.32. The van der Waals surface area contributed by atoms with Gasteiger partial charge in [0.1, 0.15) is 5.52 Å². The smallest absolute Gasteiger partial charge is 1.00 e. The first kappa shape index (κ1) is 12.5. The van der Waals surface area contributed by atoms with E-state index in [2.05, 4.69) is 4.98 Å². The van der Waals surface area contributed by atoms with Crippen LogP contribution in [0.3, 0.4) is 0 Å². The summed E-state index contributed by atoms with van der Waals surface area (Å²) in [5.74, 6) is -0.706. The predicted molar refractivity (Wildman–Crippen MR) is 58.6 cm³/mol. The topological polar surface area (TPSA) is 63.3 Å². The Bertz CT molecular complexity index is 589. The fourth-order valence-corrected chi connectivity index (χ4v) is 1.98. The Morgan fingerprint density at radius 3 is 3.00 bits per heavy atom. The van der Waals surface area contributed by atoms with Gasteiger partial charge in [0.25, 0.3) is 0 Å². The Hall–Kier alpha value is -0.953. The number of hydrogen-bond donors (Lipinski definition) is 1. The molecule has 2 unspecified atom stereocenters. The molecule has 1 N–H and O–H groups in total. The van der Waals surface area contributed by atoms with Gasteiger partial charge in [0.05, 0.1) is 5.92 Å². The number of benzene rings is 1. The van der Waals surface area contributed by atoms with Crippen molar-refractivity contribution in [3.05, 3.63) is 29.1 Å². The third kappa shape index (κ3) is 2.21. The van der Waals surface area contributed by atoms with E-state index in [9.17, 15) is 4.79 Å². The molecule has 3 rings (SSSR count). The zero-order valence-electron chi connectivity index (χ0n) is 10.2. The number of carboxylic acids is 1. The van der Waals surface area contributed by atoms with Gasteiger partial charge in [-0.3, -0.25) is 4.79 Å². The summed E-state index contributed by atoms with van der Waals surface area (Å²) in [5.41, 5.74) is 1.33. The average molecular weight is 246 g/mol. The number of hydrogen-bond acceptors (Lipinski definition) is 3. The minimum absolute atomic E-state index is 0. The van der Waals surface area contributed by atoms with Gasteiger partial charge in [-0.2, -0.15) is 0 Å². The van der Waals surface area contributed by atoms with Crippen molar-refractivity contribution >= 4 is 28.7 Å². The minimum atomic E-state index is -0.787. The number of carboxylic acid groups (broad SMARTS) is 1. The molecule has 17 heavy (non-hydrogen) atoms. The summed E-state index contributed by atoms with van der Waals surface area (Å²) in [7, 11) is 0. The molecule has 1 aliphatic rings. The number of carbonyl (C=O) groups is 1. The van der Waals surface area contributed by atoms with Crippen LogP contribution in [0.4, 0.5) is 0 Å². The number of halogens is 1. The Morgan fingerprint density at radius 1 is 1.59 bits per heavy atom. The Labute approximate surface area is 116 Å². The number of fused-ring (bicyclic) bond motifs is 1. The molecular formula is C11H9ClLiNO3. The van der Waals surface area contributed by atoms with Crippen molar-refractivity contribution in [2.75, 3.05) is 0 Å². The molecule has 6 heteroatoms. The molecule has 0 amide bonds. The molecule has 1 fully saturated rings. The van der Waals surface area contributed by atoms with Gasteiger partial charge in [-0.1, -0.05) is 11.6 Å². The van der Waals surface area contributed by atoms with Crippen LogP contribution in [0, 0.1) is 5.92 Å². The Morgan fingerprint density at radius 2 is 2.35 bits per heavy atom. The Balaban J connectivity index is 0.000000810. The molecule has 4 nitrogen and oxygen atoms in total. The van der Waals surface area contributed by atoms with Crippen molar-refractivity contribution in [1.82, 2.24) is 4.98 Å². The van der Waals surface area contributed by atoms with E-state index >= 15 is 0 Å². The summed E-state index contributed by atoms with van der Waals surface area (Å²) in [6.45, 7) is 0. The molecule has 0 radical (unpaired) electrons. The molecule has 1 heterocycles. The van der Waals surface area contributed by atoms with Crippen LogP contribution in [-0.2, 0) is 4.79 Å². The minimum Gasteiger partial charge on any atom is -1.00 e. The van der Waals surface area contributed by atoms with E-state index < -0.39 is 5.97 Å². The third-order valence-corrected chi connectivity index (χ3v) is 3.03. The number of aromatic nitrogens is 1. The van der Waals surface area contributed by atoms with Crippen molar-refractivity contribution in [1.29, 1.82) is 0 Å². The van der Waals surface area contributed by atoms with Crippen molar-refractivity contribution in [2.24, 2.45) is 5.92 Å². The molecule has 2 aromatic rings. The van der Waals surface area contributed by atoms with E-state index in [1.165, 1.54) is 0 Å². The molecule has 0 spiro atoms. The van der Waals surface area contributed by atoms with Gasteiger partial charge < -0.3 is 11.0 Å². The quantitative estimate of drug-likeness (QED) is 0.744. The van der Waals surface area contributed by atoms with Crippen molar-refractivity contribution < 1.29 is 34.6 Å². The summed E-state index contributed by atoms with van der Waals surface area (Å²) in [5, 5.41) is 9.41. The summed E-state index contributed by atoms with van der Waals surface area (Å²) in [4.78, 5) is 15.0. The molecule has 1 aromatic carbocycles. The summed E-state index contributed by atoms with van der Waals surface area (Å²) >= 11 is 5.83. The summed E-state index contributed by atoms with van der Waals surface area (Å²) in [6.07, 6.45) is 0.607. The van der Waals surface area contributed by atoms with Crippen LogP contribution in [-0.4, -0.2) is 16.1 Å². The summed E-state index contributed by atoms with van der Waals surface area (Å²) in [6, 6.07) is 5.18. The molecule has 1 aromatic heterocycles. The number of rotatable bonds is 2. The number of nitrogens with zero attached hydrogens (tertiary/aromatic N) is 1. The van der Waals surface area contributed by atoms with Crippen molar-refractivity contribution in [3.63, 3.8) is 0 Å². The van der Waals surface area contributed by atoms with Gasteiger partial charge in [0.15, 0.2) is 11.5 Å². The van der Waals surface area contributed by atoms with Crippen LogP contribution in [0.1, 0.15) is 19.7 Å². The fraction of sp³-hybridized carbons (Fsp3) is 0.273. The standard InChI is InChI=1S/C11H8ClNO3.Li.H/c12-5-1-2-9-8(3-5)13-10(16-9)6-4-7(6)11(14)15;;/h1-3,6-7H,4H2,(H,14,15);;/q;+1;-1. The first-order valence-electron chi connectivity index (χ1n) is 4.94. The molecule has 0 aliphatic heterocycles. The second kappa shape index (κ2) is 4.38. The maximum absolute atomic E-state index is 10.7. The number of aliphatic carboxylic acids is 1. The van der Waals surface area contributed by atoms with Gasteiger partial charge in [0.2, 0.25) is 0 Å². The molecule has 1 aliphatic carbocycles. The monoisotopic (exact) mass is 245 g/mol. The van der Waals surface area contributed by atoms with Gasteiger partial charge >= 0.3 is 24.8 Å². The van der Waals surface area contributed by atoms with Gasteiger partial charge in [-0.15, -0.1) is 0 Å².